The van der Waals surface area contributed by atoms with Crippen LogP contribution in [0, 0.1) is 11.8 Å². The summed E-state index contributed by atoms with van der Waals surface area (Å²) in [5, 5.41) is 3.20. The predicted octanol–water partition coefficient (Wildman–Crippen LogP) is 3.81. The first kappa shape index (κ1) is 21.9. The Labute approximate surface area is 191 Å². The van der Waals surface area contributed by atoms with Crippen molar-refractivity contribution in [1.82, 2.24) is 4.90 Å². The molecular weight excluding hydrogens is 434 g/mol. The number of carbonyl (C=O) groups is 3. The molecule has 0 aromatic heterocycles. The van der Waals surface area contributed by atoms with Gasteiger partial charge in [0.15, 0.2) is 0 Å². The number of allylic oxidation sites excluding steroid dienone is 3. The van der Waals surface area contributed by atoms with Crippen LogP contribution >= 0.6 is 23.8 Å². The zero-order valence-corrected chi connectivity index (χ0v) is 18.6. The third-order valence-electron chi connectivity index (χ3n) is 6.30. The lowest BCUT2D eigenvalue weighted by Gasteiger charge is -2.29. The largest absolute Gasteiger partial charge is 0.330 e. The molecule has 31 heavy (non-hydrogen) atoms. The van der Waals surface area contributed by atoms with Crippen LogP contribution in [0.1, 0.15) is 52.8 Å². The Morgan fingerprint density at radius 2 is 1.87 bits per heavy atom. The SMILES string of the molecule is NC[C@H]1CC[C@H](CN2C(=O)c3cccc(NC(=O)C4=CC(Cl)=CCC4=S)c3C2=O)CC1. The van der Waals surface area contributed by atoms with Gasteiger partial charge in [0, 0.05) is 22.9 Å². The second kappa shape index (κ2) is 9.02. The first-order valence-electron chi connectivity index (χ1n) is 10.5. The molecule has 162 valence electrons. The number of benzene rings is 1. The first-order valence-corrected chi connectivity index (χ1v) is 11.3. The average molecular weight is 458 g/mol. The zero-order chi connectivity index (χ0) is 22.1. The minimum Gasteiger partial charge on any atom is -0.330 e. The number of halogens is 1. The van der Waals surface area contributed by atoms with Gasteiger partial charge in [0.25, 0.3) is 17.7 Å². The lowest BCUT2D eigenvalue weighted by atomic mass is 9.82. The summed E-state index contributed by atoms with van der Waals surface area (Å²) in [6, 6.07) is 4.92. The number of nitrogens with two attached hydrogens (primary N) is 1. The van der Waals surface area contributed by atoms with Gasteiger partial charge in [-0.3, -0.25) is 19.3 Å². The molecule has 0 spiro atoms. The van der Waals surface area contributed by atoms with Crippen molar-refractivity contribution in [3.8, 4) is 0 Å². The summed E-state index contributed by atoms with van der Waals surface area (Å²) in [7, 11) is 0. The molecule has 0 bridgehead atoms. The number of fused-ring (bicyclic) bond motifs is 1. The van der Waals surface area contributed by atoms with Crippen LogP contribution in [0.4, 0.5) is 5.69 Å². The fourth-order valence-electron chi connectivity index (χ4n) is 4.47. The van der Waals surface area contributed by atoms with Crippen LogP contribution in [0.15, 0.2) is 41.0 Å². The summed E-state index contributed by atoms with van der Waals surface area (Å²) in [6.45, 7) is 1.08. The third kappa shape index (κ3) is 4.35. The van der Waals surface area contributed by atoms with Gasteiger partial charge in [0.1, 0.15) is 0 Å². The molecule has 1 aliphatic heterocycles. The highest BCUT2D eigenvalue weighted by atomic mass is 35.5. The highest BCUT2D eigenvalue weighted by molar-refractivity contribution is 7.81. The van der Waals surface area contributed by atoms with E-state index in [0.717, 1.165) is 25.7 Å². The number of anilines is 1. The summed E-state index contributed by atoms with van der Waals surface area (Å²) < 4.78 is 0. The fourth-order valence-corrected chi connectivity index (χ4v) is 4.89. The van der Waals surface area contributed by atoms with Crippen molar-refractivity contribution < 1.29 is 14.4 Å². The highest BCUT2D eigenvalue weighted by Gasteiger charge is 2.39. The number of nitrogens with zero attached hydrogens (tertiary/aromatic N) is 1. The Morgan fingerprint density at radius 1 is 1.16 bits per heavy atom. The van der Waals surface area contributed by atoms with E-state index in [-0.39, 0.29) is 23.3 Å². The molecule has 0 unspecified atom stereocenters. The molecule has 3 amide bonds. The maximum atomic E-state index is 13.2. The zero-order valence-electron chi connectivity index (χ0n) is 17.0. The summed E-state index contributed by atoms with van der Waals surface area (Å²) >= 11 is 11.3. The van der Waals surface area contributed by atoms with Crippen molar-refractivity contribution in [1.29, 1.82) is 0 Å². The van der Waals surface area contributed by atoms with Gasteiger partial charge in [-0.25, -0.2) is 0 Å². The molecule has 0 saturated heterocycles. The number of thiocarbonyl (C=S) groups is 1. The molecule has 1 aromatic rings. The van der Waals surface area contributed by atoms with Crippen molar-refractivity contribution in [2.45, 2.75) is 32.1 Å². The second-order valence-electron chi connectivity index (χ2n) is 8.30. The van der Waals surface area contributed by atoms with E-state index in [0.29, 0.717) is 52.1 Å². The Balaban J connectivity index is 1.52. The van der Waals surface area contributed by atoms with Gasteiger partial charge in [-0.15, -0.1) is 0 Å². The Hall–Kier alpha value is -2.35. The topological polar surface area (TPSA) is 92.5 Å². The molecule has 3 aliphatic rings. The van der Waals surface area contributed by atoms with Gasteiger partial charge in [-0.05, 0) is 62.3 Å². The van der Waals surface area contributed by atoms with E-state index in [9.17, 15) is 14.4 Å². The third-order valence-corrected chi connectivity index (χ3v) is 6.95. The Kier molecular flexibility index (Phi) is 6.36. The van der Waals surface area contributed by atoms with Crippen molar-refractivity contribution in [2.24, 2.45) is 17.6 Å². The number of nitrogens with one attached hydrogen (secondary N) is 1. The number of rotatable bonds is 5. The summed E-state index contributed by atoms with van der Waals surface area (Å²) in [5.74, 6) is -0.306. The normalized spacial score (nSPS) is 23.4. The van der Waals surface area contributed by atoms with Crippen molar-refractivity contribution in [3.05, 3.63) is 52.1 Å². The van der Waals surface area contributed by atoms with E-state index >= 15 is 0 Å². The van der Waals surface area contributed by atoms with Crippen LogP contribution in [0.2, 0.25) is 0 Å². The van der Waals surface area contributed by atoms with Crippen LogP contribution in [-0.4, -0.2) is 40.6 Å². The minimum atomic E-state index is -0.441. The van der Waals surface area contributed by atoms with Gasteiger partial charge in [0.2, 0.25) is 0 Å². The van der Waals surface area contributed by atoms with E-state index in [1.54, 1.807) is 24.3 Å². The van der Waals surface area contributed by atoms with Gasteiger partial charge < -0.3 is 11.1 Å². The molecule has 0 atom stereocenters. The predicted molar refractivity (Wildman–Crippen MR) is 124 cm³/mol. The number of carbonyl (C=O) groups excluding carboxylic acids is 3. The molecule has 6 nitrogen and oxygen atoms in total. The molecule has 3 N–H and O–H groups in total. The molecule has 1 heterocycles. The van der Waals surface area contributed by atoms with Crippen molar-refractivity contribution in [2.75, 3.05) is 18.4 Å². The maximum absolute atomic E-state index is 13.2. The summed E-state index contributed by atoms with van der Waals surface area (Å²) in [4.78, 5) is 40.7. The molecular formula is C23H24ClN3O3S. The van der Waals surface area contributed by atoms with Crippen LogP contribution in [0.5, 0.6) is 0 Å². The molecule has 1 fully saturated rings. The van der Waals surface area contributed by atoms with Crippen molar-refractivity contribution in [3.63, 3.8) is 0 Å². The molecule has 4 rings (SSSR count). The van der Waals surface area contributed by atoms with E-state index in [1.165, 1.54) is 11.0 Å². The van der Waals surface area contributed by atoms with Crippen LogP contribution in [0.3, 0.4) is 0 Å². The smallest absolute Gasteiger partial charge is 0.263 e. The number of imide groups is 1. The standard InChI is InChI=1S/C23H24ClN3O3S/c24-15-8-9-19(31)17(10-15)21(28)26-18-3-1-2-16-20(18)23(30)27(22(16)29)12-14-6-4-13(11-25)5-7-14/h1-3,8,10,13-14H,4-7,9,11-12,25H2,(H,26,28)/t13-,14-. The number of hydrogen-bond donors (Lipinski definition) is 2. The minimum absolute atomic E-state index is 0.237. The highest BCUT2D eigenvalue weighted by Crippen LogP contribution is 2.34. The summed E-state index contributed by atoms with van der Waals surface area (Å²) in [6.07, 6.45) is 7.63. The van der Waals surface area contributed by atoms with E-state index < -0.39 is 5.91 Å². The van der Waals surface area contributed by atoms with Crippen LogP contribution < -0.4 is 11.1 Å². The van der Waals surface area contributed by atoms with Crippen LogP contribution in [0.25, 0.3) is 0 Å². The van der Waals surface area contributed by atoms with E-state index in [4.69, 9.17) is 29.6 Å². The molecule has 0 radical (unpaired) electrons. The lowest BCUT2D eigenvalue weighted by Crippen LogP contribution is -2.36. The van der Waals surface area contributed by atoms with Gasteiger partial charge in [-0.2, -0.15) is 0 Å². The maximum Gasteiger partial charge on any atom is 0.263 e. The van der Waals surface area contributed by atoms with Crippen LogP contribution in [-0.2, 0) is 4.79 Å². The fraction of sp³-hybridized carbons (Fsp3) is 0.391. The number of amides is 3. The van der Waals surface area contributed by atoms with E-state index in [1.807, 2.05) is 0 Å². The van der Waals surface area contributed by atoms with E-state index in [2.05, 4.69) is 5.32 Å². The average Bonchev–Trinajstić information content (AvgIpc) is 3.01. The lowest BCUT2D eigenvalue weighted by molar-refractivity contribution is -0.112. The van der Waals surface area contributed by atoms with Gasteiger partial charge in [0.05, 0.1) is 22.4 Å². The molecule has 1 aromatic carbocycles. The monoisotopic (exact) mass is 457 g/mol. The molecule has 2 aliphatic carbocycles. The van der Waals surface area contributed by atoms with Gasteiger partial charge >= 0.3 is 0 Å². The number of hydrogen-bond acceptors (Lipinski definition) is 5. The Morgan fingerprint density at radius 3 is 2.58 bits per heavy atom. The molecule has 8 heteroatoms. The van der Waals surface area contributed by atoms with Gasteiger partial charge in [-0.1, -0.05) is 36.0 Å². The quantitative estimate of drug-likeness (QED) is 0.518. The van der Waals surface area contributed by atoms with Crippen molar-refractivity contribution >= 4 is 52.1 Å². The second-order valence-corrected chi connectivity index (χ2v) is 9.23. The Bertz CT molecular complexity index is 1020. The first-order chi connectivity index (χ1) is 14.9. The summed E-state index contributed by atoms with van der Waals surface area (Å²) in [5.41, 5.74) is 6.92. The molecule has 1 saturated carbocycles.